The minimum absolute atomic E-state index is 0.0147. The van der Waals surface area contributed by atoms with Gasteiger partial charge in [-0.3, -0.25) is 14.1 Å². The van der Waals surface area contributed by atoms with Crippen LogP contribution in [0.2, 0.25) is 0 Å². The van der Waals surface area contributed by atoms with Gasteiger partial charge < -0.3 is 10.1 Å². The van der Waals surface area contributed by atoms with Gasteiger partial charge in [0, 0.05) is 39.5 Å². The Labute approximate surface area is 221 Å². The van der Waals surface area contributed by atoms with Crippen molar-refractivity contribution in [2.75, 3.05) is 36.5 Å². The topological polar surface area (TPSA) is 80.2 Å². The van der Waals surface area contributed by atoms with Crippen LogP contribution in [0.1, 0.15) is 25.7 Å². The highest BCUT2D eigenvalue weighted by molar-refractivity contribution is 7.86. The van der Waals surface area contributed by atoms with E-state index in [1.165, 1.54) is 12.3 Å². The van der Waals surface area contributed by atoms with Crippen molar-refractivity contribution in [3.63, 3.8) is 0 Å². The average Bonchev–Trinajstić information content (AvgIpc) is 3.48. The van der Waals surface area contributed by atoms with Gasteiger partial charge in [0.1, 0.15) is 29.5 Å². The highest BCUT2D eigenvalue weighted by Crippen LogP contribution is 2.40. The Bertz CT molecular complexity index is 1580. The van der Waals surface area contributed by atoms with E-state index >= 15 is 4.39 Å². The van der Waals surface area contributed by atoms with Crippen LogP contribution in [0, 0.1) is 11.6 Å². The zero-order valence-electron chi connectivity index (χ0n) is 20.8. The largest absolute Gasteiger partial charge is 0.461 e. The number of rotatable bonds is 6. The maximum absolute atomic E-state index is 16.2. The zero-order chi connectivity index (χ0) is 25.9. The van der Waals surface area contributed by atoms with Gasteiger partial charge in [0.25, 0.3) is 0 Å². The Morgan fingerprint density at radius 2 is 1.84 bits per heavy atom. The van der Waals surface area contributed by atoms with Crippen molar-refractivity contribution >= 4 is 38.3 Å². The van der Waals surface area contributed by atoms with Crippen LogP contribution in [0.25, 0.3) is 32.9 Å². The van der Waals surface area contributed by atoms with Crippen molar-refractivity contribution in [2.24, 2.45) is 0 Å². The fourth-order valence-corrected chi connectivity index (χ4v) is 7.19. The molecule has 38 heavy (non-hydrogen) atoms. The molecule has 0 aliphatic carbocycles. The lowest BCUT2D eigenvalue weighted by atomic mass is 9.95. The summed E-state index contributed by atoms with van der Waals surface area (Å²) in [5, 5.41) is 4.66. The van der Waals surface area contributed by atoms with Crippen LogP contribution in [0.3, 0.4) is 0 Å². The van der Waals surface area contributed by atoms with E-state index in [9.17, 15) is 8.60 Å². The molecule has 10 heteroatoms. The van der Waals surface area contributed by atoms with Gasteiger partial charge in [-0.15, -0.1) is 0 Å². The molecule has 0 spiro atoms. The van der Waals surface area contributed by atoms with E-state index < -0.39 is 22.4 Å². The molecule has 5 heterocycles. The maximum Gasteiger partial charge on any atom is 0.319 e. The second-order valence-corrected chi connectivity index (χ2v) is 12.0. The Kier molecular flexibility index (Phi) is 5.77. The number of anilines is 1. The molecule has 3 aliphatic rings. The van der Waals surface area contributed by atoms with Gasteiger partial charge in [-0.1, -0.05) is 30.3 Å². The van der Waals surface area contributed by atoms with Gasteiger partial charge in [-0.2, -0.15) is 9.97 Å². The lowest BCUT2D eigenvalue weighted by molar-refractivity contribution is 0.108. The second-order valence-electron chi connectivity index (χ2n) is 10.5. The first-order valence-corrected chi connectivity index (χ1v) is 14.5. The third-order valence-corrected chi connectivity index (χ3v) is 9.72. The quantitative estimate of drug-likeness (QED) is 0.384. The summed E-state index contributed by atoms with van der Waals surface area (Å²) in [7, 11) is -0.861. The van der Waals surface area contributed by atoms with Crippen LogP contribution in [0.15, 0.2) is 42.6 Å². The number of nitrogens with one attached hydrogen (secondary N) is 1. The highest BCUT2D eigenvalue weighted by atomic mass is 32.2. The molecule has 3 fully saturated rings. The van der Waals surface area contributed by atoms with Crippen molar-refractivity contribution < 1.29 is 17.7 Å². The Morgan fingerprint density at radius 3 is 2.61 bits per heavy atom. The summed E-state index contributed by atoms with van der Waals surface area (Å²) >= 11 is 0. The van der Waals surface area contributed by atoms with Gasteiger partial charge in [0.2, 0.25) is 0 Å². The van der Waals surface area contributed by atoms with E-state index in [1.54, 1.807) is 30.3 Å². The number of halogens is 2. The van der Waals surface area contributed by atoms with E-state index in [2.05, 4.69) is 25.2 Å². The minimum Gasteiger partial charge on any atom is -0.461 e. The number of fused-ring (bicyclic) bond motifs is 3. The number of benzene rings is 2. The molecular weight excluding hydrogens is 508 g/mol. The predicted molar refractivity (Wildman–Crippen MR) is 144 cm³/mol. The number of ether oxygens (including phenoxy) is 1. The number of hydrogen-bond donors (Lipinski definition) is 1. The molecule has 4 aromatic rings. The Balaban J connectivity index is 1.32. The van der Waals surface area contributed by atoms with Gasteiger partial charge >= 0.3 is 6.01 Å². The molecule has 0 amide bonds. The van der Waals surface area contributed by atoms with E-state index in [0.717, 1.165) is 38.8 Å². The van der Waals surface area contributed by atoms with Crippen molar-refractivity contribution in [2.45, 2.75) is 37.3 Å². The molecule has 7 rings (SSSR count). The van der Waals surface area contributed by atoms with Crippen LogP contribution in [-0.4, -0.2) is 66.8 Å². The third kappa shape index (κ3) is 3.92. The van der Waals surface area contributed by atoms with Crippen LogP contribution in [-0.2, 0) is 10.8 Å². The number of aromatic nitrogens is 3. The number of hydrogen-bond acceptors (Lipinski definition) is 7. The third-order valence-electron chi connectivity index (χ3n) is 8.17. The lowest BCUT2D eigenvalue weighted by Gasteiger charge is -2.31. The summed E-state index contributed by atoms with van der Waals surface area (Å²) in [6.07, 6.45) is 5.92. The summed E-state index contributed by atoms with van der Waals surface area (Å²) in [6.45, 7) is 2.58. The van der Waals surface area contributed by atoms with Crippen molar-refractivity contribution in [3.8, 4) is 17.3 Å². The zero-order valence-corrected chi connectivity index (χ0v) is 21.6. The SMILES string of the molecule is O=S1CC(Nc2nc(OCC34CCCN3CCC4)nc3c(F)c(-c4cccc5cccc(F)c45)ncc23)C1. The highest BCUT2D eigenvalue weighted by Gasteiger charge is 2.45. The van der Waals surface area contributed by atoms with Gasteiger partial charge in [0.05, 0.1) is 17.0 Å². The Morgan fingerprint density at radius 1 is 1.08 bits per heavy atom. The Hall–Kier alpha value is -3.24. The summed E-state index contributed by atoms with van der Waals surface area (Å²) in [6, 6.07) is 10.0. The first-order chi connectivity index (χ1) is 18.5. The monoisotopic (exact) mass is 535 g/mol. The molecule has 0 radical (unpaired) electrons. The summed E-state index contributed by atoms with van der Waals surface area (Å²) in [5.74, 6) is 0.308. The van der Waals surface area contributed by atoms with Crippen molar-refractivity contribution in [1.29, 1.82) is 0 Å². The molecule has 0 unspecified atom stereocenters. The molecule has 3 aliphatic heterocycles. The molecule has 0 saturated carbocycles. The normalized spacial score (nSPS) is 22.5. The van der Waals surface area contributed by atoms with Crippen LogP contribution < -0.4 is 10.1 Å². The first-order valence-electron chi connectivity index (χ1n) is 13.0. The summed E-state index contributed by atoms with van der Waals surface area (Å²) in [4.78, 5) is 16.0. The molecule has 0 bridgehead atoms. The minimum atomic E-state index is -0.861. The van der Waals surface area contributed by atoms with Gasteiger partial charge in [-0.25, -0.2) is 8.78 Å². The molecule has 3 saturated heterocycles. The summed E-state index contributed by atoms with van der Waals surface area (Å²) in [5.41, 5.74) is 0.420. The van der Waals surface area contributed by atoms with E-state index in [0.29, 0.717) is 45.7 Å². The van der Waals surface area contributed by atoms with Gasteiger partial charge in [0.15, 0.2) is 5.82 Å². The molecule has 0 atom stereocenters. The van der Waals surface area contributed by atoms with Crippen LogP contribution in [0.4, 0.5) is 14.6 Å². The first kappa shape index (κ1) is 23.8. The standard InChI is InChI=1S/C28H27F2N5O2S/c29-21-8-2-6-17-5-1-7-19(22(17)21)24-23(30)25-20(13-31-24)26(32-18-14-38(36)15-18)34-27(33-25)37-16-28-9-3-11-35(28)12-4-10-28/h1-2,5-8,13,18H,3-4,9-12,14-16H2,(H,32,33,34). The van der Waals surface area contributed by atoms with E-state index in [-0.39, 0.29) is 28.8 Å². The van der Waals surface area contributed by atoms with E-state index in [1.807, 2.05) is 0 Å². The number of pyridine rings is 1. The lowest BCUT2D eigenvalue weighted by Crippen LogP contribution is -2.44. The molecule has 1 N–H and O–H groups in total. The van der Waals surface area contributed by atoms with Crippen LogP contribution in [0.5, 0.6) is 6.01 Å². The molecular formula is C28H27F2N5O2S. The maximum atomic E-state index is 16.2. The molecule has 2 aromatic heterocycles. The molecule has 196 valence electrons. The fraction of sp³-hybridized carbons (Fsp3) is 0.393. The van der Waals surface area contributed by atoms with Crippen molar-refractivity contribution in [1.82, 2.24) is 19.9 Å². The smallest absolute Gasteiger partial charge is 0.319 e. The number of nitrogens with zero attached hydrogens (tertiary/aromatic N) is 4. The van der Waals surface area contributed by atoms with E-state index in [4.69, 9.17) is 4.74 Å². The molecule has 7 nitrogen and oxygen atoms in total. The second kappa shape index (κ2) is 9.20. The van der Waals surface area contributed by atoms with Gasteiger partial charge in [-0.05, 0) is 50.2 Å². The fourth-order valence-electron chi connectivity index (χ4n) is 6.23. The molecule has 2 aromatic carbocycles. The van der Waals surface area contributed by atoms with Crippen molar-refractivity contribution in [3.05, 3.63) is 54.2 Å². The summed E-state index contributed by atoms with van der Waals surface area (Å²) < 4.78 is 48.9. The average molecular weight is 536 g/mol. The predicted octanol–water partition coefficient (Wildman–Crippen LogP) is 4.67. The van der Waals surface area contributed by atoms with Crippen LogP contribution >= 0.6 is 0 Å².